The van der Waals surface area contributed by atoms with Gasteiger partial charge >= 0.3 is 0 Å². The maximum absolute atomic E-state index is 4.89. The van der Waals surface area contributed by atoms with E-state index in [9.17, 15) is 0 Å². The Morgan fingerprint density at radius 2 is 1.03 bits per heavy atom. The molecule has 2 heterocycles. The lowest BCUT2D eigenvalue weighted by Crippen LogP contribution is -2.41. The summed E-state index contributed by atoms with van der Waals surface area (Å²) in [4.78, 5) is 4.89. The van der Waals surface area contributed by atoms with Crippen LogP contribution in [0.5, 0.6) is 0 Å². The van der Waals surface area contributed by atoms with E-state index in [1.54, 1.807) is 0 Å². The summed E-state index contributed by atoms with van der Waals surface area (Å²) in [6.45, 7) is 36.7. The highest BCUT2D eigenvalue weighted by Gasteiger charge is 2.42. The highest BCUT2D eigenvalue weighted by Crippen LogP contribution is 2.46. The number of nitrogens with one attached hydrogen (secondary N) is 1. The zero-order valence-corrected chi connectivity index (χ0v) is 29.3. The first-order chi connectivity index (χ1) is 18.8. The Hall–Kier alpha value is -1.67. The molecule has 4 rings (SSSR count). The van der Waals surface area contributed by atoms with Crippen LogP contribution in [-0.2, 0) is 18.3 Å². The summed E-state index contributed by atoms with van der Waals surface area (Å²) >= 11 is 0. The number of hydrogen-bond acceptors (Lipinski definition) is 2. The number of aryl methyl sites for hydroxylation is 2. The van der Waals surface area contributed by atoms with Crippen molar-refractivity contribution in [3.63, 3.8) is 0 Å². The van der Waals surface area contributed by atoms with Gasteiger partial charge in [-0.3, -0.25) is 4.98 Å². The van der Waals surface area contributed by atoms with Crippen LogP contribution < -0.4 is 5.32 Å². The summed E-state index contributed by atoms with van der Waals surface area (Å²) < 4.78 is 0. The highest BCUT2D eigenvalue weighted by molar-refractivity contribution is 5.47. The topological polar surface area (TPSA) is 24.9 Å². The molecule has 2 heteroatoms. The second-order valence-electron chi connectivity index (χ2n) is 6.89. The van der Waals surface area contributed by atoms with Gasteiger partial charge in [-0.05, 0) is 74.4 Å². The van der Waals surface area contributed by atoms with E-state index in [4.69, 9.17) is 4.98 Å². The Balaban J connectivity index is -0.000000196. The molecule has 0 bridgehead atoms. The van der Waals surface area contributed by atoms with Gasteiger partial charge in [-0.1, -0.05) is 141 Å². The van der Waals surface area contributed by atoms with Gasteiger partial charge in [0.2, 0.25) is 0 Å². The van der Waals surface area contributed by atoms with E-state index >= 15 is 0 Å². The molecule has 1 saturated heterocycles. The molecule has 1 aliphatic carbocycles. The fourth-order valence-corrected chi connectivity index (χ4v) is 4.56. The van der Waals surface area contributed by atoms with E-state index in [1.807, 2.05) is 117 Å². The van der Waals surface area contributed by atoms with Crippen molar-refractivity contribution in [2.75, 3.05) is 13.1 Å². The monoisotopic (exact) mass is 533 g/mol. The van der Waals surface area contributed by atoms with Crippen molar-refractivity contribution in [1.29, 1.82) is 0 Å². The van der Waals surface area contributed by atoms with Gasteiger partial charge in [0.15, 0.2) is 0 Å². The summed E-state index contributed by atoms with van der Waals surface area (Å²) in [6.07, 6.45) is 6.70. The first-order valence-corrected chi connectivity index (χ1v) is 16.5. The van der Waals surface area contributed by atoms with Crippen molar-refractivity contribution in [2.24, 2.45) is 5.92 Å². The highest BCUT2D eigenvalue weighted by atomic mass is 14.9. The molecule has 1 aromatic heterocycles. The molecule has 1 aliphatic heterocycles. The largest absolute Gasteiger partial charge is 0.317 e. The predicted octanol–water partition coefficient (Wildman–Crippen LogP) is 11.7. The Morgan fingerprint density at radius 1 is 0.605 bits per heavy atom. The minimum absolute atomic E-state index is 0.0474. The average molecular weight is 533 g/mol. The number of aromatic nitrogens is 1. The van der Waals surface area contributed by atoms with E-state index in [0.717, 1.165) is 25.9 Å². The number of nitrogens with zero attached hydrogens (tertiary/aromatic N) is 1. The van der Waals surface area contributed by atoms with Crippen molar-refractivity contribution in [3.8, 4) is 0 Å². The normalized spacial score (nSPS) is 15.8. The van der Waals surface area contributed by atoms with Gasteiger partial charge < -0.3 is 5.32 Å². The van der Waals surface area contributed by atoms with Gasteiger partial charge in [-0.2, -0.15) is 0 Å². The van der Waals surface area contributed by atoms with Crippen LogP contribution in [0.2, 0.25) is 0 Å². The molecule has 0 radical (unpaired) electrons. The first kappa shape index (κ1) is 46.2. The molecule has 38 heavy (non-hydrogen) atoms. The van der Waals surface area contributed by atoms with Gasteiger partial charge in [0.1, 0.15) is 0 Å². The quantitative estimate of drug-likeness (QED) is 0.395. The summed E-state index contributed by atoms with van der Waals surface area (Å²) in [5.74, 6) is 0.668. The minimum atomic E-state index is 0.0474. The van der Waals surface area contributed by atoms with Crippen molar-refractivity contribution < 1.29 is 0 Å². The Labute approximate surface area is 242 Å². The summed E-state index contributed by atoms with van der Waals surface area (Å²) in [6, 6.07) is 13.4. The van der Waals surface area contributed by atoms with E-state index < -0.39 is 0 Å². The number of piperidine rings is 1. The fraction of sp³-hybridized carbons (Fsp3) is 0.694. The molecule has 2 aliphatic rings. The molecule has 226 valence electrons. The molecule has 1 aromatic carbocycles. The average Bonchev–Trinajstić information content (AvgIpc) is 3.20. The third kappa shape index (κ3) is 14.5. The minimum Gasteiger partial charge on any atom is -0.317 e. The summed E-state index contributed by atoms with van der Waals surface area (Å²) in [5, 5.41) is 3.51. The molecular weight excluding hydrogens is 460 g/mol. The van der Waals surface area contributed by atoms with Crippen LogP contribution in [0, 0.1) is 5.92 Å². The second kappa shape index (κ2) is 35.3. The van der Waals surface area contributed by atoms with E-state index in [2.05, 4.69) is 48.6 Å². The van der Waals surface area contributed by atoms with Gasteiger partial charge in [0, 0.05) is 11.6 Å². The third-order valence-corrected chi connectivity index (χ3v) is 5.78. The lowest BCUT2D eigenvalue weighted by Gasteiger charge is -2.41. The standard InChI is InChI=1S/C20H24N2.8C2H6/c1-20(17-10-13-21-14-11-17)18-7-3-2-5-15(18)8-9-16-6-4-12-22-19(16)20;8*1-2/h2-7,12,17,21H,8-11,13-14H2,1H3;8*1-2H3. The van der Waals surface area contributed by atoms with Gasteiger partial charge in [-0.15, -0.1) is 0 Å². The van der Waals surface area contributed by atoms with Crippen LogP contribution >= 0.6 is 0 Å². The number of benzene rings is 1. The van der Waals surface area contributed by atoms with Crippen LogP contribution in [0.1, 0.15) is 153 Å². The zero-order chi connectivity index (χ0) is 31.0. The third-order valence-electron chi connectivity index (χ3n) is 5.78. The SMILES string of the molecule is CC.CC.CC.CC.CC.CC.CC.CC.CC1(C2CCNCC2)c2ccccc2CCc2cccnc21. The van der Waals surface area contributed by atoms with Crippen LogP contribution in [0.4, 0.5) is 0 Å². The van der Waals surface area contributed by atoms with E-state index in [0.29, 0.717) is 5.92 Å². The lowest BCUT2D eigenvalue weighted by molar-refractivity contribution is 0.260. The number of fused-ring (bicyclic) bond motifs is 2. The summed E-state index contributed by atoms with van der Waals surface area (Å²) in [5.41, 5.74) is 5.85. The lowest BCUT2D eigenvalue weighted by atomic mass is 9.65. The molecular formula is C36H72N2. The fourth-order valence-electron chi connectivity index (χ4n) is 4.56. The maximum Gasteiger partial charge on any atom is 0.0541 e. The number of hydrogen-bond donors (Lipinski definition) is 1. The number of rotatable bonds is 1. The van der Waals surface area contributed by atoms with Crippen molar-refractivity contribution in [1.82, 2.24) is 10.3 Å². The van der Waals surface area contributed by atoms with Gasteiger partial charge in [0.25, 0.3) is 0 Å². The van der Waals surface area contributed by atoms with E-state index in [1.165, 1.54) is 35.2 Å². The molecule has 1 fully saturated rings. The van der Waals surface area contributed by atoms with Gasteiger partial charge in [-0.25, -0.2) is 0 Å². The number of pyridine rings is 1. The Morgan fingerprint density at radius 3 is 1.53 bits per heavy atom. The van der Waals surface area contributed by atoms with Crippen LogP contribution in [-0.4, -0.2) is 18.1 Å². The van der Waals surface area contributed by atoms with Gasteiger partial charge in [0.05, 0.1) is 5.69 Å². The maximum atomic E-state index is 4.89. The zero-order valence-electron chi connectivity index (χ0n) is 29.3. The Bertz CT molecular complexity index is 625. The molecule has 1 atom stereocenters. The molecule has 0 saturated carbocycles. The molecule has 0 amide bonds. The molecule has 1 N–H and O–H groups in total. The van der Waals surface area contributed by atoms with Crippen molar-refractivity contribution in [3.05, 3.63) is 65.0 Å². The molecule has 1 unspecified atom stereocenters. The predicted molar refractivity (Wildman–Crippen MR) is 181 cm³/mol. The molecule has 2 nitrogen and oxygen atoms in total. The van der Waals surface area contributed by atoms with E-state index in [-0.39, 0.29) is 5.41 Å². The van der Waals surface area contributed by atoms with Crippen molar-refractivity contribution in [2.45, 2.75) is 149 Å². The summed E-state index contributed by atoms with van der Waals surface area (Å²) in [7, 11) is 0. The van der Waals surface area contributed by atoms with Crippen LogP contribution in [0.3, 0.4) is 0 Å². The van der Waals surface area contributed by atoms with Crippen molar-refractivity contribution >= 4 is 0 Å². The first-order valence-electron chi connectivity index (χ1n) is 16.5. The smallest absolute Gasteiger partial charge is 0.0541 e. The van der Waals surface area contributed by atoms with Crippen LogP contribution in [0.25, 0.3) is 0 Å². The second-order valence-corrected chi connectivity index (χ2v) is 6.89. The molecule has 2 aromatic rings. The Kier molecular flexibility index (Phi) is 43.0. The van der Waals surface area contributed by atoms with Crippen LogP contribution in [0.15, 0.2) is 42.6 Å². The molecule has 0 spiro atoms.